The fraction of sp³-hybridized carbons (Fsp3) is 0.467. The number of carbonyl (C=O) groups excluding carboxylic acids is 1. The van der Waals surface area contributed by atoms with E-state index in [9.17, 15) is 14.7 Å². The molecule has 0 spiro atoms. The molecule has 1 atom stereocenters. The molecule has 0 fully saturated rings. The first kappa shape index (κ1) is 17.6. The van der Waals surface area contributed by atoms with Crippen LogP contribution >= 0.6 is 0 Å². The number of ether oxygens (including phenoxy) is 2. The Morgan fingerprint density at radius 3 is 2.18 bits per heavy atom. The lowest BCUT2D eigenvalue weighted by Crippen LogP contribution is -2.41. The van der Waals surface area contributed by atoms with Crippen LogP contribution in [-0.4, -0.2) is 42.4 Å². The van der Waals surface area contributed by atoms with E-state index in [0.29, 0.717) is 18.4 Å². The van der Waals surface area contributed by atoms with E-state index in [1.54, 1.807) is 0 Å². The number of hydrogen-bond acceptors (Lipinski definition) is 5. The van der Waals surface area contributed by atoms with Crippen LogP contribution in [0.15, 0.2) is 12.1 Å². The van der Waals surface area contributed by atoms with Crippen LogP contribution in [0.1, 0.15) is 25.3 Å². The molecule has 1 aromatic carbocycles. The Hall–Kier alpha value is -2.44. The van der Waals surface area contributed by atoms with Crippen molar-refractivity contribution in [1.29, 1.82) is 0 Å². The van der Waals surface area contributed by atoms with Gasteiger partial charge in [-0.15, -0.1) is 0 Å². The van der Waals surface area contributed by atoms with Gasteiger partial charge in [0.1, 0.15) is 6.04 Å². The lowest BCUT2D eigenvalue weighted by Gasteiger charge is -2.14. The number of carboxylic acid groups (broad SMARTS) is 1. The minimum Gasteiger partial charge on any atom is -0.502 e. The number of hydrogen-bond donors (Lipinski definition) is 3. The fourth-order valence-corrected chi connectivity index (χ4v) is 2.03. The maximum Gasteiger partial charge on any atom is 0.326 e. The quantitative estimate of drug-likeness (QED) is 0.669. The van der Waals surface area contributed by atoms with Crippen LogP contribution in [0.5, 0.6) is 17.2 Å². The Balaban J connectivity index is 2.85. The summed E-state index contributed by atoms with van der Waals surface area (Å²) in [4.78, 5) is 23.0. The van der Waals surface area contributed by atoms with Crippen LogP contribution in [-0.2, 0) is 16.0 Å². The number of aromatic hydroxyl groups is 1. The van der Waals surface area contributed by atoms with E-state index in [2.05, 4.69) is 5.32 Å². The number of carbonyl (C=O) groups is 2. The molecule has 0 aromatic heterocycles. The van der Waals surface area contributed by atoms with Gasteiger partial charge in [-0.25, -0.2) is 4.79 Å². The van der Waals surface area contributed by atoms with Crippen LogP contribution in [0, 0.1) is 0 Å². The molecule has 7 nitrogen and oxygen atoms in total. The highest BCUT2D eigenvalue weighted by molar-refractivity contribution is 5.85. The molecule has 1 rings (SSSR count). The maximum absolute atomic E-state index is 12.0. The number of nitrogens with one attached hydrogen (secondary N) is 1. The van der Waals surface area contributed by atoms with Crippen molar-refractivity contribution in [3.63, 3.8) is 0 Å². The van der Waals surface area contributed by atoms with Crippen molar-refractivity contribution in [2.75, 3.05) is 14.2 Å². The number of methoxy groups -OCH3 is 2. The molecule has 0 radical (unpaired) electrons. The molecular formula is C15H21NO6. The molecule has 1 amide bonds. The van der Waals surface area contributed by atoms with Crippen LogP contribution in [0.2, 0.25) is 0 Å². The summed E-state index contributed by atoms with van der Waals surface area (Å²) < 4.78 is 10.0. The largest absolute Gasteiger partial charge is 0.502 e. The van der Waals surface area contributed by atoms with Gasteiger partial charge >= 0.3 is 5.97 Å². The van der Waals surface area contributed by atoms with E-state index in [1.807, 2.05) is 6.92 Å². The number of aliphatic carboxylic acids is 1. The second-order valence-electron chi connectivity index (χ2n) is 4.77. The highest BCUT2D eigenvalue weighted by Gasteiger charge is 2.20. The molecule has 0 saturated carbocycles. The van der Waals surface area contributed by atoms with Crippen molar-refractivity contribution in [3.8, 4) is 17.2 Å². The molecule has 0 bridgehead atoms. The Bertz CT molecular complexity index is 518. The van der Waals surface area contributed by atoms with Crippen LogP contribution in [0.4, 0.5) is 0 Å². The Kier molecular flexibility index (Phi) is 6.49. The number of amides is 1. The summed E-state index contributed by atoms with van der Waals surface area (Å²) >= 11 is 0. The third-order valence-corrected chi connectivity index (χ3v) is 3.11. The van der Waals surface area contributed by atoms with Gasteiger partial charge in [-0.2, -0.15) is 0 Å². The summed E-state index contributed by atoms with van der Waals surface area (Å²) in [6.45, 7) is 1.85. The molecule has 3 N–H and O–H groups in total. The molecular weight excluding hydrogens is 290 g/mol. The van der Waals surface area contributed by atoms with E-state index >= 15 is 0 Å². The predicted molar refractivity (Wildman–Crippen MR) is 79.4 cm³/mol. The molecule has 0 aliphatic carbocycles. The molecule has 7 heteroatoms. The Morgan fingerprint density at radius 1 is 1.23 bits per heavy atom. The van der Waals surface area contributed by atoms with Gasteiger partial charge < -0.3 is 25.0 Å². The first-order valence-corrected chi connectivity index (χ1v) is 6.88. The normalized spacial score (nSPS) is 11.6. The summed E-state index contributed by atoms with van der Waals surface area (Å²) in [6, 6.07) is 2.11. The third-order valence-electron chi connectivity index (χ3n) is 3.11. The first-order valence-electron chi connectivity index (χ1n) is 6.88. The van der Waals surface area contributed by atoms with E-state index in [-0.39, 0.29) is 23.7 Å². The van der Waals surface area contributed by atoms with E-state index in [1.165, 1.54) is 26.4 Å². The molecule has 0 saturated heterocycles. The summed E-state index contributed by atoms with van der Waals surface area (Å²) in [7, 11) is 2.78. The van der Waals surface area contributed by atoms with Gasteiger partial charge in [0.25, 0.3) is 0 Å². The zero-order valence-electron chi connectivity index (χ0n) is 12.9. The van der Waals surface area contributed by atoms with Gasteiger partial charge in [0.05, 0.1) is 20.6 Å². The van der Waals surface area contributed by atoms with E-state index < -0.39 is 17.9 Å². The lowest BCUT2D eigenvalue weighted by atomic mass is 10.1. The second kappa shape index (κ2) is 8.11. The van der Waals surface area contributed by atoms with Gasteiger partial charge in [0.2, 0.25) is 11.7 Å². The molecule has 0 aliphatic rings. The Morgan fingerprint density at radius 2 is 1.77 bits per heavy atom. The number of benzene rings is 1. The summed E-state index contributed by atoms with van der Waals surface area (Å²) in [5, 5.41) is 21.3. The minimum absolute atomic E-state index is 0.0412. The summed E-state index contributed by atoms with van der Waals surface area (Å²) in [6.07, 6.45) is 0.974. The molecule has 22 heavy (non-hydrogen) atoms. The zero-order chi connectivity index (χ0) is 16.7. The molecule has 0 heterocycles. The minimum atomic E-state index is -1.06. The number of rotatable bonds is 8. The van der Waals surface area contributed by atoms with Gasteiger partial charge in [-0.3, -0.25) is 4.79 Å². The third kappa shape index (κ3) is 4.54. The average Bonchev–Trinajstić information content (AvgIpc) is 2.48. The molecule has 122 valence electrons. The maximum atomic E-state index is 12.0. The van der Waals surface area contributed by atoms with E-state index in [4.69, 9.17) is 14.6 Å². The van der Waals surface area contributed by atoms with Crippen molar-refractivity contribution >= 4 is 11.9 Å². The van der Waals surface area contributed by atoms with Crippen LogP contribution in [0.3, 0.4) is 0 Å². The SMILES string of the molecule is CCCC(NC(=O)Cc1cc(OC)c(O)c(OC)c1)C(=O)O. The zero-order valence-corrected chi connectivity index (χ0v) is 12.9. The van der Waals surface area contributed by atoms with Gasteiger partial charge in [-0.1, -0.05) is 13.3 Å². The van der Waals surface area contributed by atoms with Crippen molar-refractivity contribution in [1.82, 2.24) is 5.32 Å². The van der Waals surface area contributed by atoms with Crippen molar-refractivity contribution in [2.24, 2.45) is 0 Å². The first-order chi connectivity index (χ1) is 10.4. The van der Waals surface area contributed by atoms with Crippen molar-refractivity contribution in [3.05, 3.63) is 17.7 Å². The number of phenols is 1. The van der Waals surface area contributed by atoms with Crippen LogP contribution in [0.25, 0.3) is 0 Å². The number of carboxylic acids is 1. The van der Waals surface area contributed by atoms with Crippen LogP contribution < -0.4 is 14.8 Å². The smallest absolute Gasteiger partial charge is 0.326 e. The fourth-order valence-electron chi connectivity index (χ4n) is 2.03. The highest BCUT2D eigenvalue weighted by atomic mass is 16.5. The summed E-state index contributed by atoms with van der Waals surface area (Å²) in [5.41, 5.74) is 0.546. The second-order valence-corrected chi connectivity index (χ2v) is 4.77. The van der Waals surface area contributed by atoms with Gasteiger partial charge in [0, 0.05) is 0 Å². The topological polar surface area (TPSA) is 105 Å². The van der Waals surface area contributed by atoms with E-state index in [0.717, 1.165) is 0 Å². The molecule has 0 aliphatic heterocycles. The Labute approximate surface area is 128 Å². The monoisotopic (exact) mass is 311 g/mol. The molecule has 1 unspecified atom stereocenters. The summed E-state index contributed by atoms with van der Waals surface area (Å²) in [5.74, 6) is -1.26. The van der Waals surface area contributed by atoms with Gasteiger partial charge in [-0.05, 0) is 24.1 Å². The van der Waals surface area contributed by atoms with Crippen molar-refractivity contribution < 1.29 is 29.3 Å². The lowest BCUT2D eigenvalue weighted by molar-refractivity contribution is -0.141. The average molecular weight is 311 g/mol. The van der Waals surface area contributed by atoms with Crippen molar-refractivity contribution in [2.45, 2.75) is 32.2 Å². The standard InChI is InChI=1S/C15H21NO6/c1-4-5-10(15(19)20)16-13(17)8-9-6-11(21-2)14(18)12(7-9)22-3/h6-7,10,18H,4-5,8H2,1-3H3,(H,16,17)(H,19,20). The highest BCUT2D eigenvalue weighted by Crippen LogP contribution is 2.37. The molecule has 1 aromatic rings. The number of phenolic OH excluding ortho intramolecular Hbond substituents is 1. The van der Waals surface area contributed by atoms with Gasteiger partial charge in [0.15, 0.2) is 11.5 Å². The predicted octanol–water partition coefficient (Wildman–Crippen LogP) is 1.32.